The number of hydrogen-bond acceptors (Lipinski definition) is 6. The molecule has 0 aliphatic heterocycles. The number of pyridine rings is 2. The van der Waals surface area contributed by atoms with Gasteiger partial charge < -0.3 is 14.6 Å². The number of aliphatic hydroxyl groups excluding tert-OH is 1. The monoisotopic (exact) mass is 476 g/mol. The lowest BCUT2D eigenvalue weighted by atomic mass is 9.77. The Morgan fingerprint density at radius 2 is 1.80 bits per heavy atom. The Bertz CT molecular complexity index is 1400. The van der Waals surface area contributed by atoms with Crippen LogP contribution in [-0.2, 0) is 11.8 Å². The molecule has 35 heavy (non-hydrogen) atoms. The van der Waals surface area contributed by atoms with Gasteiger partial charge in [-0.3, -0.25) is 14.1 Å². The Morgan fingerprint density at radius 1 is 1.06 bits per heavy atom. The topological polar surface area (TPSA) is 91.4 Å². The van der Waals surface area contributed by atoms with Crippen LogP contribution < -0.4 is 10.4 Å². The number of nitrogens with zero attached hydrogens (tertiary/aromatic N) is 4. The second-order valence-electron chi connectivity index (χ2n) is 9.66. The van der Waals surface area contributed by atoms with Gasteiger partial charge in [0.2, 0.25) is 5.88 Å². The minimum absolute atomic E-state index is 0.0210. The van der Waals surface area contributed by atoms with Crippen LogP contribution in [0.1, 0.15) is 32.7 Å². The fourth-order valence-electron chi connectivity index (χ4n) is 5.73. The van der Waals surface area contributed by atoms with Gasteiger partial charge >= 0.3 is 5.69 Å². The van der Waals surface area contributed by atoms with Crippen molar-refractivity contribution in [1.82, 2.24) is 19.1 Å². The number of benzene rings is 1. The van der Waals surface area contributed by atoms with Crippen molar-refractivity contribution >= 4 is 21.9 Å². The maximum Gasteiger partial charge on any atom is 0.329 e. The van der Waals surface area contributed by atoms with E-state index >= 15 is 0 Å². The van der Waals surface area contributed by atoms with Crippen molar-refractivity contribution in [2.24, 2.45) is 18.9 Å². The molecular formula is C27H32N4O4. The lowest BCUT2D eigenvalue weighted by Crippen LogP contribution is -2.40. The number of aryl methyl sites for hydroxylation is 1. The molecule has 1 aromatic carbocycles. The maximum atomic E-state index is 13.5. The lowest BCUT2D eigenvalue weighted by molar-refractivity contribution is -0.0587. The quantitative estimate of drug-likeness (QED) is 0.453. The third kappa shape index (κ3) is 4.10. The molecule has 1 aliphatic carbocycles. The van der Waals surface area contributed by atoms with E-state index in [9.17, 15) is 9.90 Å². The van der Waals surface area contributed by atoms with E-state index in [1.807, 2.05) is 35.9 Å². The summed E-state index contributed by atoms with van der Waals surface area (Å²) >= 11 is 0. The van der Waals surface area contributed by atoms with Crippen LogP contribution in [0.4, 0.5) is 0 Å². The highest BCUT2D eigenvalue weighted by Crippen LogP contribution is 2.40. The molecule has 0 bridgehead atoms. The molecule has 1 N–H and O–H groups in total. The zero-order chi connectivity index (χ0) is 24.7. The lowest BCUT2D eigenvalue weighted by Gasteiger charge is -2.39. The molecule has 3 aromatic heterocycles. The summed E-state index contributed by atoms with van der Waals surface area (Å²) < 4.78 is 14.8. The van der Waals surface area contributed by atoms with E-state index in [-0.39, 0.29) is 36.3 Å². The van der Waals surface area contributed by atoms with Crippen LogP contribution >= 0.6 is 0 Å². The average Bonchev–Trinajstić information content (AvgIpc) is 3.13. The zero-order valence-electron chi connectivity index (χ0n) is 20.6. The number of hydrogen-bond donors (Lipinski definition) is 1. The second-order valence-corrected chi connectivity index (χ2v) is 9.66. The average molecular weight is 477 g/mol. The van der Waals surface area contributed by atoms with Crippen LogP contribution in [0.5, 0.6) is 5.88 Å². The van der Waals surface area contributed by atoms with Crippen LogP contribution in [0.2, 0.25) is 0 Å². The highest BCUT2D eigenvalue weighted by Gasteiger charge is 2.36. The summed E-state index contributed by atoms with van der Waals surface area (Å²) in [6.45, 7) is 4.72. The number of aliphatic hydroxyl groups is 1. The van der Waals surface area contributed by atoms with Crippen LogP contribution in [0.15, 0.2) is 47.5 Å². The molecule has 2 unspecified atom stereocenters. The molecule has 1 aliphatic rings. The van der Waals surface area contributed by atoms with Gasteiger partial charge in [0.25, 0.3) is 0 Å². The summed E-state index contributed by atoms with van der Waals surface area (Å²) in [7, 11) is 3.41. The summed E-state index contributed by atoms with van der Waals surface area (Å²) in [5.74, 6) is 1.11. The van der Waals surface area contributed by atoms with Gasteiger partial charge in [-0.1, -0.05) is 19.9 Å². The molecule has 0 saturated heterocycles. The first-order valence-electron chi connectivity index (χ1n) is 12.2. The van der Waals surface area contributed by atoms with E-state index < -0.39 is 0 Å². The van der Waals surface area contributed by atoms with Gasteiger partial charge in [-0.25, -0.2) is 9.78 Å². The third-order valence-corrected chi connectivity index (χ3v) is 7.37. The van der Waals surface area contributed by atoms with Crippen molar-refractivity contribution in [3.05, 3.63) is 53.2 Å². The van der Waals surface area contributed by atoms with E-state index in [1.54, 1.807) is 24.1 Å². The predicted octanol–water partition coefficient (Wildman–Crippen LogP) is 3.94. The summed E-state index contributed by atoms with van der Waals surface area (Å²) in [5.41, 5.74) is 4.55. The highest BCUT2D eigenvalue weighted by atomic mass is 16.5. The standard InChI is InChI=1S/C27H32N4O4/c1-16-11-20(12-17(2)26(16)35-10-9-32)31-25-21-13-18(19-6-8-24(34-4)29-14-19)5-7-22(21)28-15-23(25)30(3)27(31)33/h5-8,13-17,20,26,32H,9-12H2,1-4H3. The van der Waals surface area contributed by atoms with Crippen LogP contribution in [0.25, 0.3) is 33.1 Å². The fourth-order valence-corrected chi connectivity index (χ4v) is 5.73. The Labute approximate surface area is 204 Å². The number of methoxy groups -OCH3 is 1. The minimum atomic E-state index is -0.0232. The van der Waals surface area contributed by atoms with Crippen LogP contribution in [0, 0.1) is 11.8 Å². The van der Waals surface area contributed by atoms with Crippen molar-refractivity contribution in [2.45, 2.75) is 38.8 Å². The van der Waals surface area contributed by atoms with Gasteiger partial charge in [-0.15, -0.1) is 0 Å². The van der Waals surface area contributed by atoms with Crippen molar-refractivity contribution < 1.29 is 14.6 Å². The fraction of sp³-hybridized carbons (Fsp3) is 0.444. The van der Waals surface area contributed by atoms with Crippen LogP contribution in [0.3, 0.4) is 0 Å². The maximum absolute atomic E-state index is 13.5. The number of aromatic nitrogens is 4. The van der Waals surface area contributed by atoms with Crippen molar-refractivity contribution in [3.8, 4) is 17.0 Å². The number of imidazole rings is 1. The largest absolute Gasteiger partial charge is 0.481 e. The van der Waals surface area contributed by atoms with Crippen LogP contribution in [-0.4, -0.2) is 50.6 Å². The molecule has 8 heteroatoms. The van der Waals surface area contributed by atoms with E-state index in [0.29, 0.717) is 12.5 Å². The normalized spacial score (nSPS) is 22.7. The van der Waals surface area contributed by atoms with E-state index in [2.05, 4.69) is 29.9 Å². The molecule has 4 aromatic rings. The molecule has 184 valence electrons. The van der Waals surface area contributed by atoms with E-state index in [4.69, 9.17) is 9.47 Å². The first-order valence-corrected chi connectivity index (χ1v) is 12.2. The number of ether oxygens (including phenoxy) is 2. The molecule has 0 radical (unpaired) electrons. The molecule has 8 nitrogen and oxygen atoms in total. The second kappa shape index (κ2) is 9.43. The SMILES string of the molecule is COc1ccc(-c2ccc3ncc4c(c3c2)n(C2CC(C)C(OCCO)C(C)C2)c(=O)n4C)cn1. The van der Waals surface area contributed by atoms with Gasteiger partial charge in [-0.2, -0.15) is 0 Å². The molecule has 0 spiro atoms. The van der Waals surface area contributed by atoms with Crippen molar-refractivity contribution in [2.75, 3.05) is 20.3 Å². The summed E-state index contributed by atoms with van der Waals surface area (Å²) in [6, 6.07) is 10.0. The first-order chi connectivity index (χ1) is 16.9. The molecule has 1 fully saturated rings. The summed E-state index contributed by atoms with van der Waals surface area (Å²) in [6.07, 6.45) is 5.35. The minimum Gasteiger partial charge on any atom is -0.481 e. The van der Waals surface area contributed by atoms with Crippen molar-refractivity contribution in [1.29, 1.82) is 0 Å². The highest BCUT2D eigenvalue weighted by molar-refractivity contribution is 6.04. The molecule has 3 heterocycles. The first kappa shape index (κ1) is 23.5. The smallest absolute Gasteiger partial charge is 0.329 e. The third-order valence-electron chi connectivity index (χ3n) is 7.37. The molecule has 0 amide bonds. The Kier molecular flexibility index (Phi) is 6.34. The molecule has 5 rings (SSSR count). The van der Waals surface area contributed by atoms with E-state index in [0.717, 1.165) is 45.9 Å². The Balaban J connectivity index is 1.63. The molecule has 1 saturated carbocycles. The van der Waals surface area contributed by atoms with Gasteiger partial charge in [0.15, 0.2) is 0 Å². The number of fused-ring (bicyclic) bond motifs is 3. The van der Waals surface area contributed by atoms with Gasteiger partial charge in [0.1, 0.15) is 0 Å². The van der Waals surface area contributed by atoms with Gasteiger partial charge in [0.05, 0.1) is 49.2 Å². The summed E-state index contributed by atoms with van der Waals surface area (Å²) in [5, 5.41) is 10.2. The van der Waals surface area contributed by atoms with E-state index in [1.165, 1.54) is 0 Å². The van der Waals surface area contributed by atoms with Gasteiger partial charge in [0, 0.05) is 36.3 Å². The predicted molar refractivity (Wildman–Crippen MR) is 136 cm³/mol. The van der Waals surface area contributed by atoms with Crippen molar-refractivity contribution in [3.63, 3.8) is 0 Å². The summed E-state index contributed by atoms with van der Waals surface area (Å²) in [4.78, 5) is 22.5. The Morgan fingerprint density at radius 3 is 2.46 bits per heavy atom. The number of rotatable bonds is 6. The molecule has 2 atom stereocenters. The Hall–Kier alpha value is -3.23. The molecular weight excluding hydrogens is 444 g/mol. The van der Waals surface area contributed by atoms with Gasteiger partial charge in [-0.05, 0) is 48.4 Å². The zero-order valence-corrected chi connectivity index (χ0v) is 20.6.